The summed E-state index contributed by atoms with van der Waals surface area (Å²) in [6.07, 6.45) is 3.54. The zero-order chi connectivity index (χ0) is 20.1. The van der Waals surface area contributed by atoms with Crippen LogP contribution < -0.4 is 4.74 Å². The second-order valence-electron chi connectivity index (χ2n) is 6.16. The van der Waals surface area contributed by atoms with E-state index in [2.05, 4.69) is 5.10 Å². The van der Waals surface area contributed by atoms with Crippen molar-refractivity contribution in [2.24, 2.45) is 0 Å². The molecule has 1 heterocycles. The van der Waals surface area contributed by atoms with E-state index < -0.39 is 4.92 Å². The molecule has 0 saturated heterocycles. The Balaban J connectivity index is 1.75. The van der Waals surface area contributed by atoms with E-state index in [0.29, 0.717) is 13.2 Å². The Hall–Kier alpha value is -3.68. The van der Waals surface area contributed by atoms with Crippen LogP contribution in [0.3, 0.4) is 0 Å². The summed E-state index contributed by atoms with van der Waals surface area (Å²) in [6, 6.07) is 13.9. The Morgan fingerprint density at radius 2 is 2.00 bits per heavy atom. The molecule has 3 rings (SSSR count). The average Bonchev–Trinajstić information content (AvgIpc) is 3.17. The highest BCUT2D eigenvalue weighted by molar-refractivity contribution is 5.95. The van der Waals surface area contributed by atoms with Crippen LogP contribution in [0.15, 0.2) is 60.9 Å². The molecule has 0 bridgehead atoms. The molecule has 0 aliphatic heterocycles. The number of hydrogen-bond donors (Lipinski definition) is 0. The Kier molecular flexibility index (Phi) is 5.69. The molecule has 0 spiro atoms. The van der Waals surface area contributed by atoms with Crippen LogP contribution in [-0.2, 0) is 6.54 Å². The zero-order valence-corrected chi connectivity index (χ0v) is 15.6. The number of nitro groups is 1. The van der Waals surface area contributed by atoms with Gasteiger partial charge in [0.1, 0.15) is 0 Å². The number of benzene rings is 2. The molecule has 1 aromatic heterocycles. The van der Waals surface area contributed by atoms with Gasteiger partial charge in [0.05, 0.1) is 23.4 Å². The van der Waals surface area contributed by atoms with Gasteiger partial charge in [-0.3, -0.25) is 14.9 Å². The van der Waals surface area contributed by atoms with Gasteiger partial charge in [-0.1, -0.05) is 18.2 Å². The number of hydrogen-bond acceptors (Lipinski definition) is 5. The number of nitrogens with zero attached hydrogens (tertiary/aromatic N) is 4. The summed E-state index contributed by atoms with van der Waals surface area (Å²) in [6.45, 7) is 2.37. The topological polar surface area (TPSA) is 90.5 Å². The van der Waals surface area contributed by atoms with Gasteiger partial charge in [-0.2, -0.15) is 5.10 Å². The Morgan fingerprint density at radius 1 is 1.25 bits per heavy atom. The van der Waals surface area contributed by atoms with Crippen molar-refractivity contribution in [2.45, 2.75) is 13.5 Å². The normalized spacial score (nSPS) is 10.5. The molecule has 8 heteroatoms. The van der Waals surface area contributed by atoms with Gasteiger partial charge in [0.2, 0.25) is 0 Å². The van der Waals surface area contributed by atoms with E-state index in [4.69, 9.17) is 4.74 Å². The van der Waals surface area contributed by atoms with Gasteiger partial charge in [-0.15, -0.1) is 0 Å². The fourth-order valence-corrected chi connectivity index (χ4v) is 2.80. The molecule has 3 aromatic rings. The quantitative estimate of drug-likeness (QED) is 0.462. The van der Waals surface area contributed by atoms with Crippen LogP contribution in [0.5, 0.6) is 5.75 Å². The molecule has 0 aliphatic carbocycles. The number of ether oxygens (including phenoxy) is 1. The predicted octanol–water partition coefficient (Wildman–Crippen LogP) is 3.45. The molecule has 0 N–H and O–H groups in total. The zero-order valence-electron chi connectivity index (χ0n) is 15.6. The van der Waals surface area contributed by atoms with Crippen molar-refractivity contribution in [3.8, 4) is 11.4 Å². The fourth-order valence-electron chi connectivity index (χ4n) is 2.80. The van der Waals surface area contributed by atoms with Crippen molar-refractivity contribution in [1.29, 1.82) is 0 Å². The van der Waals surface area contributed by atoms with Crippen molar-refractivity contribution < 1.29 is 14.5 Å². The Labute approximate surface area is 162 Å². The van der Waals surface area contributed by atoms with E-state index in [1.165, 1.54) is 23.1 Å². The second-order valence-corrected chi connectivity index (χ2v) is 6.16. The van der Waals surface area contributed by atoms with E-state index in [1.807, 2.05) is 36.5 Å². The largest absolute Gasteiger partial charge is 0.487 e. The van der Waals surface area contributed by atoms with Crippen molar-refractivity contribution in [3.05, 3.63) is 82.2 Å². The minimum absolute atomic E-state index is 0.149. The molecule has 28 heavy (non-hydrogen) atoms. The summed E-state index contributed by atoms with van der Waals surface area (Å²) in [5, 5.41) is 15.6. The highest BCUT2D eigenvalue weighted by Crippen LogP contribution is 2.28. The maximum Gasteiger partial charge on any atom is 0.311 e. The average molecular weight is 380 g/mol. The first-order chi connectivity index (χ1) is 13.5. The van der Waals surface area contributed by atoms with Gasteiger partial charge in [0, 0.05) is 37.0 Å². The monoisotopic (exact) mass is 380 g/mol. The third kappa shape index (κ3) is 4.17. The van der Waals surface area contributed by atoms with Crippen LogP contribution in [-0.4, -0.2) is 39.2 Å². The number of para-hydroxylation sites is 1. The van der Waals surface area contributed by atoms with Gasteiger partial charge in [0.25, 0.3) is 5.91 Å². The van der Waals surface area contributed by atoms with Crippen LogP contribution in [0, 0.1) is 10.1 Å². The van der Waals surface area contributed by atoms with Crippen molar-refractivity contribution >= 4 is 11.6 Å². The maximum absolute atomic E-state index is 12.7. The number of carbonyl (C=O) groups excluding carboxylic acids is 1. The van der Waals surface area contributed by atoms with Gasteiger partial charge in [-0.25, -0.2) is 4.68 Å². The number of rotatable bonds is 7. The molecule has 8 nitrogen and oxygen atoms in total. The molecule has 2 aromatic carbocycles. The lowest BCUT2D eigenvalue weighted by Crippen LogP contribution is -2.26. The number of carbonyl (C=O) groups is 1. The van der Waals surface area contributed by atoms with Crippen molar-refractivity contribution in [2.75, 3.05) is 13.7 Å². The van der Waals surface area contributed by atoms with Crippen LogP contribution in [0.25, 0.3) is 5.69 Å². The van der Waals surface area contributed by atoms with Crippen LogP contribution >= 0.6 is 0 Å². The van der Waals surface area contributed by atoms with Crippen LogP contribution in [0.2, 0.25) is 0 Å². The summed E-state index contributed by atoms with van der Waals surface area (Å²) in [4.78, 5) is 24.9. The molecule has 1 amide bonds. The number of amides is 1. The smallest absolute Gasteiger partial charge is 0.311 e. The molecule has 0 unspecified atom stereocenters. The first kappa shape index (κ1) is 19.1. The predicted molar refractivity (Wildman–Crippen MR) is 104 cm³/mol. The van der Waals surface area contributed by atoms with Crippen molar-refractivity contribution in [1.82, 2.24) is 14.7 Å². The molecule has 0 fully saturated rings. The van der Waals surface area contributed by atoms with Crippen LogP contribution in [0.4, 0.5) is 5.69 Å². The van der Waals surface area contributed by atoms with E-state index in [0.717, 1.165) is 11.3 Å². The van der Waals surface area contributed by atoms with Crippen LogP contribution in [0.1, 0.15) is 22.8 Å². The van der Waals surface area contributed by atoms with Gasteiger partial charge < -0.3 is 9.64 Å². The minimum Gasteiger partial charge on any atom is -0.487 e. The third-order valence-electron chi connectivity index (χ3n) is 4.13. The Morgan fingerprint density at radius 3 is 2.68 bits per heavy atom. The molecular formula is C20H20N4O4. The second kappa shape index (κ2) is 8.34. The number of aromatic nitrogens is 2. The van der Waals surface area contributed by atoms with Crippen molar-refractivity contribution in [3.63, 3.8) is 0 Å². The number of nitro benzene ring substituents is 1. The summed E-state index contributed by atoms with van der Waals surface area (Å²) in [7, 11) is 1.64. The molecule has 0 aliphatic rings. The molecule has 0 saturated carbocycles. The molecule has 0 atom stereocenters. The lowest BCUT2D eigenvalue weighted by molar-refractivity contribution is -0.385. The fraction of sp³-hybridized carbons (Fsp3) is 0.200. The highest BCUT2D eigenvalue weighted by atomic mass is 16.6. The first-order valence-electron chi connectivity index (χ1n) is 8.75. The van der Waals surface area contributed by atoms with E-state index in [1.54, 1.807) is 24.9 Å². The standard InChI is InChI=1S/C20H20N4O4/c1-3-28-19-10-9-16(11-18(19)24(26)27)20(25)22(2)13-15-12-21-23(14-15)17-7-5-4-6-8-17/h4-12,14H,3,13H2,1-2H3. The molecule has 144 valence electrons. The summed E-state index contributed by atoms with van der Waals surface area (Å²) >= 11 is 0. The Bertz CT molecular complexity index is 985. The maximum atomic E-state index is 12.7. The van der Waals surface area contributed by atoms with E-state index in [9.17, 15) is 14.9 Å². The lowest BCUT2D eigenvalue weighted by atomic mass is 10.1. The first-order valence-corrected chi connectivity index (χ1v) is 8.75. The van der Waals surface area contributed by atoms with Gasteiger partial charge in [-0.05, 0) is 31.2 Å². The third-order valence-corrected chi connectivity index (χ3v) is 4.13. The summed E-state index contributed by atoms with van der Waals surface area (Å²) in [5.41, 5.74) is 1.77. The van der Waals surface area contributed by atoms with E-state index >= 15 is 0 Å². The minimum atomic E-state index is -0.550. The van der Waals surface area contributed by atoms with Gasteiger partial charge >= 0.3 is 5.69 Å². The SMILES string of the molecule is CCOc1ccc(C(=O)N(C)Cc2cnn(-c3ccccc3)c2)cc1[N+](=O)[O-]. The highest BCUT2D eigenvalue weighted by Gasteiger charge is 2.20. The summed E-state index contributed by atoms with van der Waals surface area (Å²) in [5.74, 6) is -0.172. The van der Waals surface area contributed by atoms with Gasteiger partial charge in [0.15, 0.2) is 5.75 Å². The lowest BCUT2D eigenvalue weighted by Gasteiger charge is -2.16. The van der Waals surface area contributed by atoms with E-state index in [-0.39, 0.29) is 22.9 Å². The molecule has 0 radical (unpaired) electrons. The molecular weight excluding hydrogens is 360 g/mol. The summed E-state index contributed by atoms with van der Waals surface area (Å²) < 4.78 is 6.99.